The number of carbonyl (C=O) groups is 2. The van der Waals surface area contributed by atoms with Crippen molar-refractivity contribution in [2.45, 2.75) is 61.0 Å². The van der Waals surface area contributed by atoms with E-state index in [0.29, 0.717) is 48.5 Å². The van der Waals surface area contributed by atoms with Crippen LogP contribution in [0.2, 0.25) is 5.02 Å². The first-order valence-electron chi connectivity index (χ1n) is 16.7. The minimum Gasteiger partial charge on any atom is -0.454 e. The summed E-state index contributed by atoms with van der Waals surface area (Å²) < 4.78 is 69.7. The minimum atomic E-state index is -4.60. The van der Waals surface area contributed by atoms with Crippen LogP contribution in [0.5, 0.6) is 6.01 Å². The van der Waals surface area contributed by atoms with Crippen LogP contribution in [0.1, 0.15) is 54.4 Å². The zero-order valence-corrected chi connectivity index (χ0v) is 29.7. The summed E-state index contributed by atoms with van der Waals surface area (Å²) >= 11 is 6.03. The van der Waals surface area contributed by atoms with Crippen molar-refractivity contribution in [2.24, 2.45) is 5.92 Å². The molecular formula is C34H38ClF3N8O5S. The molecule has 6 rings (SSSR count). The van der Waals surface area contributed by atoms with Gasteiger partial charge in [0.15, 0.2) is 6.61 Å². The lowest BCUT2D eigenvalue weighted by Gasteiger charge is -2.25. The van der Waals surface area contributed by atoms with E-state index in [2.05, 4.69) is 42.8 Å². The van der Waals surface area contributed by atoms with Crippen molar-refractivity contribution in [2.75, 3.05) is 37.4 Å². The number of sulfonamides is 1. The molecule has 0 radical (unpaired) electrons. The summed E-state index contributed by atoms with van der Waals surface area (Å²) in [6, 6.07) is 13.0. The summed E-state index contributed by atoms with van der Waals surface area (Å²) in [4.78, 5) is 38.4. The van der Waals surface area contributed by atoms with Gasteiger partial charge in [0.1, 0.15) is 5.54 Å². The Morgan fingerprint density at radius 1 is 1.04 bits per heavy atom. The normalized spacial score (nSPS) is 20.4. The number of alkyl halides is 3. The predicted octanol–water partition coefficient (Wildman–Crippen LogP) is 4.92. The van der Waals surface area contributed by atoms with Gasteiger partial charge in [-0.1, -0.05) is 29.8 Å². The second kappa shape index (κ2) is 14.5. The van der Waals surface area contributed by atoms with Crippen LogP contribution < -0.4 is 26.0 Å². The van der Waals surface area contributed by atoms with E-state index in [0.717, 1.165) is 22.7 Å². The number of halogens is 4. The minimum absolute atomic E-state index is 0.0138. The zero-order valence-electron chi connectivity index (χ0n) is 28.2. The quantitative estimate of drug-likeness (QED) is 0.109. The van der Waals surface area contributed by atoms with Crippen LogP contribution in [0.15, 0.2) is 61.2 Å². The second-order valence-corrected chi connectivity index (χ2v) is 15.8. The molecule has 52 heavy (non-hydrogen) atoms. The lowest BCUT2D eigenvalue weighted by molar-refractivity contribution is -0.154. The topological polar surface area (TPSA) is 168 Å². The highest BCUT2D eigenvalue weighted by molar-refractivity contribution is 7.90. The maximum atomic E-state index is 13.2. The molecule has 18 heteroatoms. The fraction of sp³-hybridized carbons (Fsp3) is 0.441. The third kappa shape index (κ3) is 8.58. The van der Waals surface area contributed by atoms with Crippen molar-refractivity contribution in [1.29, 1.82) is 0 Å². The monoisotopic (exact) mass is 762 g/mol. The number of amides is 2. The Bertz CT molecular complexity index is 1930. The summed E-state index contributed by atoms with van der Waals surface area (Å²) in [6.07, 6.45) is 0.542. The molecule has 2 aromatic carbocycles. The predicted molar refractivity (Wildman–Crippen MR) is 188 cm³/mol. The van der Waals surface area contributed by atoms with E-state index >= 15 is 0 Å². The van der Waals surface area contributed by atoms with Crippen LogP contribution >= 0.6 is 11.6 Å². The molecular weight excluding hydrogens is 725 g/mol. The number of nitrogens with one attached hydrogen (secondary N) is 4. The third-order valence-corrected chi connectivity index (χ3v) is 11.7. The van der Waals surface area contributed by atoms with Crippen molar-refractivity contribution in [3.05, 3.63) is 77.3 Å². The Morgan fingerprint density at radius 2 is 1.71 bits per heavy atom. The number of nitrogens with zero attached hydrogens (tertiary/aromatic N) is 4. The molecule has 2 atom stereocenters. The van der Waals surface area contributed by atoms with Gasteiger partial charge in [0.05, 0.1) is 10.8 Å². The molecule has 3 aliphatic carbocycles. The second-order valence-electron chi connectivity index (χ2n) is 13.2. The van der Waals surface area contributed by atoms with Gasteiger partial charge >= 0.3 is 12.2 Å². The van der Waals surface area contributed by atoms with Crippen LogP contribution in [-0.4, -0.2) is 83.2 Å². The van der Waals surface area contributed by atoms with E-state index in [9.17, 15) is 31.2 Å². The molecule has 13 nitrogen and oxygen atoms in total. The van der Waals surface area contributed by atoms with Crippen LogP contribution in [0.25, 0.3) is 0 Å². The molecule has 0 unspecified atom stereocenters. The number of benzene rings is 2. The molecule has 1 heterocycles. The average molecular weight is 763 g/mol. The standard InChI is InChI=1S/C34H38ClF3N8O5S/c1-3-22-19-33(22,28(48)46(2)52(49,50)26-13-14-26)40-18-4-17-39-27(47)21-5-11-25(12-6-21)41-29-42-30(44-31(43-29)51-20-34(36,37)38)45-32(15-16-32)23-7-9-24(35)10-8-23/h3,5-12,22,26,40H,1,4,13-20H2,2H3,(H,39,47)(H2,41,42,43,44,45)/t22-,33-/m1/s1. The number of hydrogen-bond acceptors (Lipinski definition) is 11. The molecule has 4 N–H and O–H groups in total. The SMILES string of the molecule is C=C[C@@H]1C[C@]1(NCCCNC(=O)c1ccc(Nc2nc(NC3(c4ccc(Cl)cc4)CC3)nc(OCC(F)(F)F)n2)cc1)C(=O)N(C)S(=O)(=O)C1CC1. The van der Waals surface area contributed by atoms with E-state index in [4.69, 9.17) is 16.3 Å². The van der Waals surface area contributed by atoms with Gasteiger partial charge in [-0.15, -0.1) is 6.58 Å². The number of anilines is 3. The number of rotatable bonds is 17. The van der Waals surface area contributed by atoms with E-state index in [1.54, 1.807) is 42.5 Å². The van der Waals surface area contributed by atoms with E-state index < -0.39 is 51.1 Å². The van der Waals surface area contributed by atoms with Gasteiger partial charge in [-0.2, -0.15) is 28.1 Å². The van der Waals surface area contributed by atoms with Crippen molar-refractivity contribution >= 4 is 51.0 Å². The molecule has 2 amide bonds. The van der Waals surface area contributed by atoms with Crippen molar-refractivity contribution in [3.63, 3.8) is 0 Å². The number of likely N-dealkylation sites (N-methyl/N-ethyl adjacent to an activating group) is 1. The molecule has 3 aromatic rings. The Hall–Kier alpha value is -4.48. The van der Waals surface area contributed by atoms with Crippen LogP contribution in [-0.2, 0) is 20.4 Å². The van der Waals surface area contributed by atoms with Gasteiger partial charge in [-0.05, 0) is 87.0 Å². The summed E-state index contributed by atoms with van der Waals surface area (Å²) in [5.74, 6) is -1.11. The maximum absolute atomic E-state index is 13.2. The Labute approximate surface area is 303 Å². The lowest BCUT2D eigenvalue weighted by atomic mass is 10.1. The van der Waals surface area contributed by atoms with Crippen LogP contribution in [0.3, 0.4) is 0 Å². The first-order valence-corrected chi connectivity index (χ1v) is 18.6. The number of carbonyl (C=O) groups excluding carboxylic acids is 2. The van der Waals surface area contributed by atoms with Crippen LogP contribution in [0.4, 0.5) is 30.8 Å². The number of aromatic nitrogens is 3. The lowest BCUT2D eigenvalue weighted by Crippen LogP contribution is -2.51. The van der Waals surface area contributed by atoms with Crippen molar-refractivity contribution in [1.82, 2.24) is 29.9 Å². The maximum Gasteiger partial charge on any atom is 0.422 e. The average Bonchev–Trinajstić information content (AvgIpc) is 3.98. The Morgan fingerprint density at radius 3 is 2.31 bits per heavy atom. The molecule has 0 bridgehead atoms. The molecule has 0 spiro atoms. The van der Waals surface area contributed by atoms with Gasteiger partial charge < -0.3 is 26.0 Å². The molecule has 3 fully saturated rings. The highest BCUT2D eigenvalue weighted by atomic mass is 35.5. The Kier molecular flexibility index (Phi) is 10.4. The number of hydrogen-bond donors (Lipinski definition) is 4. The van der Waals surface area contributed by atoms with E-state index in [-0.39, 0.29) is 30.3 Å². The zero-order chi connectivity index (χ0) is 37.3. The van der Waals surface area contributed by atoms with Gasteiger partial charge in [0, 0.05) is 35.8 Å². The molecule has 3 aliphatic rings. The molecule has 1 aromatic heterocycles. The first-order chi connectivity index (χ1) is 24.6. The molecule has 3 saturated carbocycles. The van der Waals surface area contributed by atoms with Gasteiger partial charge in [-0.3, -0.25) is 9.59 Å². The van der Waals surface area contributed by atoms with E-state index in [1.165, 1.54) is 7.05 Å². The summed E-state index contributed by atoms with van der Waals surface area (Å²) in [6.45, 7) is 2.82. The fourth-order valence-corrected chi connectivity index (χ4v) is 7.59. The fourth-order valence-electron chi connectivity index (χ4n) is 5.89. The first kappa shape index (κ1) is 37.3. The van der Waals surface area contributed by atoms with Crippen molar-refractivity contribution in [3.8, 4) is 6.01 Å². The highest BCUT2D eigenvalue weighted by Crippen LogP contribution is 2.48. The summed E-state index contributed by atoms with van der Waals surface area (Å²) in [5.41, 5.74) is 0.167. The highest BCUT2D eigenvalue weighted by Gasteiger charge is 2.61. The molecule has 0 aliphatic heterocycles. The van der Waals surface area contributed by atoms with Crippen LogP contribution in [0, 0.1) is 5.92 Å². The van der Waals surface area contributed by atoms with Gasteiger partial charge in [0.2, 0.25) is 21.9 Å². The Balaban J connectivity index is 1.03. The summed E-state index contributed by atoms with van der Waals surface area (Å²) in [5, 5.41) is 12.2. The largest absolute Gasteiger partial charge is 0.454 e. The molecule has 278 valence electrons. The smallest absolute Gasteiger partial charge is 0.422 e. The van der Waals surface area contributed by atoms with Crippen molar-refractivity contribution < 1.29 is 35.9 Å². The third-order valence-electron chi connectivity index (χ3n) is 9.25. The van der Waals surface area contributed by atoms with Gasteiger partial charge in [0.25, 0.3) is 11.8 Å². The van der Waals surface area contributed by atoms with Gasteiger partial charge in [-0.25, -0.2) is 12.7 Å². The summed E-state index contributed by atoms with van der Waals surface area (Å²) in [7, 11) is -2.37. The number of ether oxygens (including phenoxy) is 1. The molecule has 0 saturated heterocycles. The van der Waals surface area contributed by atoms with E-state index in [1.807, 2.05) is 12.1 Å².